The Morgan fingerprint density at radius 1 is 1.11 bits per heavy atom. The predicted molar refractivity (Wildman–Crippen MR) is 99.7 cm³/mol. The lowest BCUT2D eigenvalue weighted by Crippen LogP contribution is -2.36. The molecule has 0 spiro atoms. The van der Waals surface area contributed by atoms with Gasteiger partial charge in [0.05, 0.1) is 5.56 Å². The molecular weight excluding hydrogens is 387 g/mol. The number of halogens is 1. The molecule has 1 heterocycles. The molecule has 1 aromatic rings. The van der Waals surface area contributed by atoms with Gasteiger partial charge in [-0.05, 0) is 43.9 Å². The molecule has 1 N–H and O–H groups in total. The van der Waals surface area contributed by atoms with Crippen molar-refractivity contribution < 1.29 is 27.1 Å². The van der Waals surface area contributed by atoms with Crippen molar-refractivity contribution in [2.75, 3.05) is 19.7 Å². The number of carbonyl (C=O) groups is 2. The summed E-state index contributed by atoms with van der Waals surface area (Å²) in [6, 6.07) is 3.18. The lowest BCUT2D eigenvalue weighted by Gasteiger charge is -2.26. The third-order valence-electron chi connectivity index (χ3n) is 5.15. The maximum atomic E-state index is 14.2. The summed E-state index contributed by atoms with van der Waals surface area (Å²) in [6.07, 6.45) is 6.33. The second kappa shape index (κ2) is 9.00. The fourth-order valence-corrected chi connectivity index (χ4v) is 5.23. The Morgan fingerprint density at radius 3 is 2.46 bits per heavy atom. The van der Waals surface area contributed by atoms with E-state index in [4.69, 9.17) is 4.74 Å². The molecule has 1 amide bonds. The van der Waals surface area contributed by atoms with E-state index in [9.17, 15) is 22.4 Å². The number of amides is 1. The number of hydrogen-bond donors (Lipinski definition) is 1. The number of rotatable bonds is 6. The van der Waals surface area contributed by atoms with Gasteiger partial charge in [0.2, 0.25) is 10.0 Å². The number of ether oxygens (including phenoxy) is 1. The zero-order chi connectivity index (χ0) is 20.1. The highest BCUT2D eigenvalue weighted by atomic mass is 32.2. The molecule has 3 rings (SSSR count). The molecule has 7 nitrogen and oxygen atoms in total. The number of carbonyl (C=O) groups excluding carboxylic acids is 2. The van der Waals surface area contributed by atoms with Crippen LogP contribution in [-0.4, -0.2) is 50.3 Å². The summed E-state index contributed by atoms with van der Waals surface area (Å²) in [4.78, 5) is 23.5. The van der Waals surface area contributed by atoms with Crippen molar-refractivity contribution in [3.63, 3.8) is 0 Å². The first-order chi connectivity index (χ1) is 13.4. The Hall–Kier alpha value is -2.00. The summed E-state index contributed by atoms with van der Waals surface area (Å²) in [5, 5.41) is 2.79. The summed E-state index contributed by atoms with van der Waals surface area (Å²) in [5.41, 5.74) is -0.106. The average Bonchev–Trinajstić information content (AvgIpc) is 3.20. The number of benzene rings is 1. The zero-order valence-electron chi connectivity index (χ0n) is 15.7. The number of hydrogen-bond acceptors (Lipinski definition) is 5. The highest BCUT2D eigenvalue weighted by molar-refractivity contribution is 7.89. The summed E-state index contributed by atoms with van der Waals surface area (Å²) in [7, 11) is -4.02. The molecule has 1 saturated carbocycles. The first-order valence-corrected chi connectivity index (χ1v) is 11.1. The number of nitrogens with one attached hydrogen (secondary N) is 1. The lowest BCUT2D eigenvalue weighted by molar-refractivity contribution is -0.124. The van der Waals surface area contributed by atoms with Crippen molar-refractivity contribution in [2.24, 2.45) is 0 Å². The SMILES string of the molecule is O=C(COC(=O)c1ccc(F)c(S(=O)(=O)N2CCCCC2)c1)NC1CCCC1. The fraction of sp³-hybridized carbons (Fsp3) is 0.579. The van der Waals surface area contributed by atoms with Crippen molar-refractivity contribution >= 4 is 21.9 Å². The van der Waals surface area contributed by atoms with E-state index in [0.29, 0.717) is 13.1 Å². The molecule has 1 aliphatic heterocycles. The number of esters is 1. The van der Waals surface area contributed by atoms with Crippen LogP contribution in [0.15, 0.2) is 23.1 Å². The monoisotopic (exact) mass is 412 g/mol. The van der Waals surface area contributed by atoms with Crippen molar-refractivity contribution in [3.05, 3.63) is 29.6 Å². The van der Waals surface area contributed by atoms with Crippen LogP contribution in [0.4, 0.5) is 4.39 Å². The van der Waals surface area contributed by atoms with Crippen molar-refractivity contribution in [3.8, 4) is 0 Å². The van der Waals surface area contributed by atoms with Gasteiger partial charge in [0.25, 0.3) is 5.91 Å². The quantitative estimate of drug-likeness (QED) is 0.723. The largest absolute Gasteiger partial charge is 0.452 e. The van der Waals surface area contributed by atoms with E-state index in [1.165, 1.54) is 4.31 Å². The van der Waals surface area contributed by atoms with Gasteiger partial charge in [-0.1, -0.05) is 19.3 Å². The van der Waals surface area contributed by atoms with Gasteiger partial charge in [-0.25, -0.2) is 17.6 Å². The normalized spacial score (nSPS) is 18.8. The van der Waals surface area contributed by atoms with E-state index < -0.39 is 39.2 Å². The minimum atomic E-state index is -4.02. The number of nitrogens with zero attached hydrogens (tertiary/aromatic N) is 1. The second-order valence-electron chi connectivity index (χ2n) is 7.23. The first-order valence-electron chi connectivity index (χ1n) is 9.64. The highest BCUT2D eigenvalue weighted by Crippen LogP contribution is 2.24. The molecule has 1 aliphatic carbocycles. The lowest BCUT2D eigenvalue weighted by atomic mass is 10.2. The van der Waals surface area contributed by atoms with Crippen LogP contribution in [0.3, 0.4) is 0 Å². The zero-order valence-corrected chi connectivity index (χ0v) is 16.5. The molecule has 154 valence electrons. The van der Waals surface area contributed by atoms with Crippen LogP contribution in [0.5, 0.6) is 0 Å². The summed E-state index contributed by atoms with van der Waals surface area (Å²) < 4.78 is 45.8. The van der Waals surface area contributed by atoms with Gasteiger partial charge in [-0.2, -0.15) is 4.31 Å². The molecule has 28 heavy (non-hydrogen) atoms. The van der Waals surface area contributed by atoms with E-state index in [1.54, 1.807) is 0 Å². The van der Waals surface area contributed by atoms with Crippen molar-refractivity contribution in [1.82, 2.24) is 9.62 Å². The third kappa shape index (κ3) is 4.88. The smallest absolute Gasteiger partial charge is 0.338 e. The highest BCUT2D eigenvalue weighted by Gasteiger charge is 2.29. The van der Waals surface area contributed by atoms with Gasteiger partial charge >= 0.3 is 5.97 Å². The molecule has 2 fully saturated rings. The minimum Gasteiger partial charge on any atom is -0.452 e. The number of sulfonamides is 1. The average molecular weight is 412 g/mol. The molecule has 2 aliphatic rings. The molecular formula is C19H25FN2O5S. The van der Waals surface area contributed by atoms with Gasteiger partial charge in [-0.3, -0.25) is 4.79 Å². The molecule has 0 aromatic heterocycles. The third-order valence-corrected chi connectivity index (χ3v) is 7.07. The van der Waals surface area contributed by atoms with Crippen molar-refractivity contribution in [1.29, 1.82) is 0 Å². The van der Waals surface area contributed by atoms with E-state index in [0.717, 1.165) is 63.1 Å². The van der Waals surface area contributed by atoms with Crippen LogP contribution in [0.25, 0.3) is 0 Å². The summed E-state index contributed by atoms with van der Waals surface area (Å²) >= 11 is 0. The van der Waals surface area contributed by atoms with Gasteiger partial charge in [0.15, 0.2) is 6.61 Å². The maximum Gasteiger partial charge on any atom is 0.338 e. The van der Waals surface area contributed by atoms with Crippen LogP contribution >= 0.6 is 0 Å². The van der Waals surface area contributed by atoms with E-state index in [-0.39, 0.29) is 11.6 Å². The van der Waals surface area contributed by atoms with Crippen LogP contribution < -0.4 is 5.32 Å². The predicted octanol–water partition coefficient (Wildman–Crippen LogP) is 2.22. The van der Waals surface area contributed by atoms with Crippen molar-refractivity contribution in [2.45, 2.75) is 55.9 Å². The van der Waals surface area contributed by atoms with Crippen LogP contribution in [0.2, 0.25) is 0 Å². The first kappa shape index (κ1) is 20.7. The standard InChI is InChI=1S/C19H25FN2O5S/c20-16-9-8-14(12-17(16)28(25,26)22-10-4-1-5-11-22)19(24)27-13-18(23)21-15-6-2-3-7-15/h8-9,12,15H,1-7,10-11,13H2,(H,21,23). The van der Waals surface area contributed by atoms with E-state index in [1.807, 2.05) is 0 Å². The van der Waals surface area contributed by atoms with Gasteiger partial charge in [0.1, 0.15) is 10.7 Å². The molecule has 0 unspecified atom stereocenters. The van der Waals surface area contributed by atoms with E-state index in [2.05, 4.69) is 5.32 Å². The maximum absolute atomic E-state index is 14.2. The molecule has 0 bridgehead atoms. The Morgan fingerprint density at radius 2 is 1.79 bits per heavy atom. The Labute approximate surface area is 164 Å². The molecule has 0 atom stereocenters. The van der Waals surface area contributed by atoms with E-state index >= 15 is 0 Å². The fourth-order valence-electron chi connectivity index (χ4n) is 3.63. The van der Waals surface area contributed by atoms with Crippen LogP contribution in [0, 0.1) is 5.82 Å². The Kier molecular flexibility index (Phi) is 6.66. The van der Waals surface area contributed by atoms with Crippen LogP contribution in [0.1, 0.15) is 55.3 Å². The summed E-state index contributed by atoms with van der Waals surface area (Å²) in [6.45, 7) is 0.205. The number of piperidine rings is 1. The topological polar surface area (TPSA) is 92.8 Å². The Balaban J connectivity index is 1.66. The van der Waals surface area contributed by atoms with Crippen LogP contribution in [-0.2, 0) is 19.6 Å². The molecule has 1 saturated heterocycles. The van der Waals surface area contributed by atoms with Gasteiger partial charge in [-0.15, -0.1) is 0 Å². The molecule has 9 heteroatoms. The minimum absolute atomic E-state index is 0.106. The molecule has 0 radical (unpaired) electrons. The Bertz CT molecular complexity index is 831. The van der Waals surface area contributed by atoms with Gasteiger partial charge in [0, 0.05) is 19.1 Å². The second-order valence-corrected chi connectivity index (χ2v) is 9.14. The van der Waals surface area contributed by atoms with Gasteiger partial charge < -0.3 is 10.1 Å². The summed E-state index contributed by atoms with van der Waals surface area (Å²) in [5.74, 6) is -2.18. The molecule has 1 aromatic carbocycles.